The molecule has 1 aliphatic heterocycles. The summed E-state index contributed by atoms with van der Waals surface area (Å²) in [6.07, 6.45) is 4.54. The SMILES string of the molecule is C[C@H](NC[C@H]1CCCNC1)c1nccs1. The molecule has 1 aromatic heterocycles. The van der Waals surface area contributed by atoms with Crippen LogP contribution >= 0.6 is 11.3 Å². The van der Waals surface area contributed by atoms with Gasteiger partial charge in [0.2, 0.25) is 0 Å². The Morgan fingerprint density at radius 3 is 3.33 bits per heavy atom. The van der Waals surface area contributed by atoms with E-state index in [1.54, 1.807) is 11.3 Å². The first kappa shape index (κ1) is 11.0. The highest BCUT2D eigenvalue weighted by Gasteiger charge is 2.14. The minimum atomic E-state index is 0.395. The fourth-order valence-corrected chi connectivity index (χ4v) is 2.65. The van der Waals surface area contributed by atoms with Crippen molar-refractivity contribution in [2.45, 2.75) is 25.8 Å². The third-order valence-corrected chi connectivity index (χ3v) is 3.89. The maximum Gasteiger partial charge on any atom is 0.109 e. The lowest BCUT2D eigenvalue weighted by Gasteiger charge is -2.24. The Bertz CT molecular complexity index is 267. The number of piperidine rings is 1. The molecule has 4 heteroatoms. The van der Waals surface area contributed by atoms with Crippen LogP contribution in [0.3, 0.4) is 0 Å². The summed E-state index contributed by atoms with van der Waals surface area (Å²) in [5, 5.41) is 10.2. The first-order chi connectivity index (χ1) is 7.36. The number of thiazole rings is 1. The Labute approximate surface area is 95.3 Å². The summed E-state index contributed by atoms with van der Waals surface area (Å²) in [5.41, 5.74) is 0. The van der Waals surface area contributed by atoms with E-state index in [-0.39, 0.29) is 0 Å². The van der Waals surface area contributed by atoms with Gasteiger partial charge in [-0.05, 0) is 45.3 Å². The summed E-state index contributed by atoms with van der Waals surface area (Å²) in [6.45, 7) is 5.65. The second-order valence-electron chi connectivity index (χ2n) is 4.21. The van der Waals surface area contributed by atoms with Crippen LogP contribution in [0.25, 0.3) is 0 Å². The Hall–Kier alpha value is -0.450. The number of nitrogens with one attached hydrogen (secondary N) is 2. The summed E-state index contributed by atoms with van der Waals surface area (Å²) in [7, 11) is 0. The van der Waals surface area contributed by atoms with Crippen LogP contribution < -0.4 is 10.6 Å². The van der Waals surface area contributed by atoms with Gasteiger partial charge in [-0.15, -0.1) is 11.3 Å². The van der Waals surface area contributed by atoms with Crippen molar-refractivity contribution in [1.82, 2.24) is 15.6 Å². The number of hydrogen-bond acceptors (Lipinski definition) is 4. The molecule has 0 spiro atoms. The standard InChI is InChI=1S/C11H19N3S/c1-9(11-13-5-6-15-11)14-8-10-3-2-4-12-7-10/h5-6,9-10,12,14H,2-4,7-8H2,1H3/t9-,10-/m0/s1. The van der Waals surface area contributed by atoms with Gasteiger partial charge in [0, 0.05) is 11.6 Å². The zero-order valence-electron chi connectivity index (χ0n) is 9.20. The fraction of sp³-hybridized carbons (Fsp3) is 0.727. The average Bonchev–Trinajstić information content (AvgIpc) is 2.81. The van der Waals surface area contributed by atoms with Crippen molar-refractivity contribution in [3.8, 4) is 0 Å². The summed E-state index contributed by atoms with van der Waals surface area (Å²) < 4.78 is 0. The second kappa shape index (κ2) is 5.58. The molecule has 1 fully saturated rings. The number of aromatic nitrogens is 1. The lowest BCUT2D eigenvalue weighted by molar-refractivity contribution is 0.348. The van der Waals surface area contributed by atoms with Gasteiger partial charge in [-0.1, -0.05) is 0 Å². The maximum absolute atomic E-state index is 4.32. The van der Waals surface area contributed by atoms with Crippen molar-refractivity contribution in [3.05, 3.63) is 16.6 Å². The van der Waals surface area contributed by atoms with Crippen LogP contribution in [-0.4, -0.2) is 24.6 Å². The highest BCUT2D eigenvalue weighted by atomic mass is 32.1. The van der Waals surface area contributed by atoms with Gasteiger partial charge in [-0.2, -0.15) is 0 Å². The van der Waals surface area contributed by atoms with Crippen molar-refractivity contribution in [2.24, 2.45) is 5.92 Å². The minimum absolute atomic E-state index is 0.395. The summed E-state index contributed by atoms with van der Waals surface area (Å²) >= 11 is 1.73. The molecule has 0 amide bonds. The highest BCUT2D eigenvalue weighted by Crippen LogP contribution is 2.16. The van der Waals surface area contributed by atoms with Crippen molar-refractivity contribution in [3.63, 3.8) is 0 Å². The van der Waals surface area contributed by atoms with Crippen LogP contribution in [0.15, 0.2) is 11.6 Å². The lowest BCUT2D eigenvalue weighted by atomic mass is 9.99. The van der Waals surface area contributed by atoms with Crippen molar-refractivity contribution >= 4 is 11.3 Å². The Morgan fingerprint density at radius 1 is 1.73 bits per heavy atom. The average molecular weight is 225 g/mol. The van der Waals surface area contributed by atoms with Gasteiger partial charge in [0.15, 0.2) is 0 Å². The van der Waals surface area contributed by atoms with E-state index in [1.807, 2.05) is 11.6 Å². The molecule has 0 saturated carbocycles. The molecular weight excluding hydrogens is 206 g/mol. The molecule has 0 bridgehead atoms. The molecule has 1 saturated heterocycles. The largest absolute Gasteiger partial charge is 0.316 e. The zero-order chi connectivity index (χ0) is 10.5. The van der Waals surface area contributed by atoms with E-state index in [1.165, 1.54) is 24.4 Å². The number of nitrogens with zero attached hydrogens (tertiary/aromatic N) is 1. The highest BCUT2D eigenvalue weighted by molar-refractivity contribution is 7.09. The first-order valence-electron chi connectivity index (χ1n) is 5.70. The van der Waals surface area contributed by atoms with Crippen LogP contribution in [0.2, 0.25) is 0 Å². The van der Waals surface area contributed by atoms with Gasteiger partial charge in [-0.3, -0.25) is 0 Å². The summed E-state index contributed by atoms with van der Waals surface area (Å²) in [6, 6.07) is 0.395. The molecule has 0 aromatic carbocycles. The molecule has 1 aromatic rings. The molecular formula is C11H19N3S. The molecule has 2 atom stereocenters. The van der Waals surface area contributed by atoms with Crippen LogP contribution in [0, 0.1) is 5.92 Å². The molecule has 0 unspecified atom stereocenters. The summed E-state index contributed by atoms with van der Waals surface area (Å²) in [4.78, 5) is 4.32. The first-order valence-corrected chi connectivity index (χ1v) is 6.57. The fourth-order valence-electron chi connectivity index (χ4n) is 1.98. The van der Waals surface area contributed by atoms with Gasteiger partial charge < -0.3 is 10.6 Å². The van der Waals surface area contributed by atoms with E-state index in [0.717, 1.165) is 19.0 Å². The third kappa shape index (κ3) is 3.26. The van der Waals surface area contributed by atoms with Gasteiger partial charge in [0.05, 0.1) is 6.04 Å². The van der Waals surface area contributed by atoms with Crippen LogP contribution in [0.4, 0.5) is 0 Å². The normalized spacial score (nSPS) is 23.9. The minimum Gasteiger partial charge on any atom is -0.316 e. The molecule has 15 heavy (non-hydrogen) atoms. The molecule has 2 heterocycles. The smallest absolute Gasteiger partial charge is 0.109 e. The number of hydrogen-bond donors (Lipinski definition) is 2. The van der Waals surface area contributed by atoms with Crippen molar-refractivity contribution < 1.29 is 0 Å². The van der Waals surface area contributed by atoms with E-state index in [4.69, 9.17) is 0 Å². The molecule has 0 aliphatic carbocycles. The van der Waals surface area contributed by atoms with Gasteiger partial charge >= 0.3 is 0 Å². The maximum atomic E-state index is 4.32. The van der Waals surface area contributed by atoms with Crippen LogP contribution in [0.1, 0.15) is 30.8 Å². The van der Waals surface area contributed by atoms with E-state index < -0.39 is 0 Å². The quantitative estimate of drug-likeness (QED) is 0.820. The molecule has 2 rings (SSSR count). The molecule has 84 valence electrons. The Morgan fingerprint density at radius 2 is 2.67 bits per heavy atom. The van der Waals surface area contributed by atoms with Gasteiger partial charge in [-0.25, -0.2) is 4.98 Å². The molecule has 1 aliphatic rings. The topological polar surface area (TPSA) is 37.0 Å². The van der Waals surface area contributed by atoms with E-state index >= 15 is 0 Å². The van der Waals surface area contributed by atoms with E-state index in [0.29, 0.717) is 6.04 Å². The summed E-state index contributed by atoms with van der Waals surface area (Å²) in [5.74, 6) is 0.793. The van der Waals surface area contributed by atoms with E-state index in [9.17, 15) is 0 Å². The van der Waals surface area contributed by atoms with Gasteiger partial charge in [0.25, 0.3) is 0 Å². The molecule has 2 N–H and O–H groups in total. The third-order valence-electron chi connectivity index (χ3n) is 2.93. The van der Waals surface area contributed by atoms with Crippen LogP contribution in [-0.2, 0) is 0 Å². The van der Waals surface area contributed by atoms with E-state index in [2.05, 4.69) is 22.5 Å². The predicted octanol–water partition coefficient (Wildman–Crippen LogP) is 1.79. The van der Waals surface area contributed by atoms with Crippen LogP contribution in [0.5, 0.6) is 0 Å². The van der Waals surface area contributed by atoms with Crippen molar-refractivity contribution in [2.75, 3.05) is 19.6 Å². The van der Waals surface area contributed by atoms with Gasteiger partial charge in [0.1, 0.15) is 5.01 Å². The monoisotopic (exact) mass is 225 g/mol. The van der Waals surface area contributed by atoms with Crippen molar-refractivity contribution in [1.29, 1.82) is 0 Å². The molecule has 0 radical (unpaired) electrons. The zero-order valence-corrected chi connectivity index (χ0v) is 10.0. The predicted molar refractivity (Wildman–Crippen MR) is 64.1 cm³/mol. The molecule has 3 nitrogen and oxygen atoms in total. The Balaban J connectivity index is 1.73. The number of rotatable bonds is 4. The second-order valence-corrected chi connectivity index (χ2v) is 5.14. The lowest BCUT2D eigenvalue weighted by Crippen LogP contribution is -2.36. The Kier molecular flexibility index (Phi) is 4.11.